The number of para-hydroxylation sites is 1. The lowest BCUT2D eigenvalue weighted by molar-refractivity contribution is 0.0528. The molecule has 1 heterocycles. The topological polar surface area (TPSA) is 102 Å². The third kappa shape index (κ3) is 3.14. The van der Waals surface area contributed by atoms with Gasteiger partial charge in [-0.15, -0.1) is 11.3 Å². The molecule has 1 aromatic heterocycles. The number of nitrogen functional groups attached to an aromatic ring is 1. The van der Waals surface area contributed by atoms with Gasteiger partial charge in [0.25, 0.3) is 5.91 Å². The normalized spacial score (nSPS) is 10.1. The molecule has 0 spiro atoms. The fraction of sp³-hybridized carbons (Fsp3) is 0.143. The van der Waals surface area contributed by atoms with Crippen LogP contribution in [0.4, 0.5) is 10.7 Å². The van der Waals surface area contributed by atoms with Gasteiger partial charge < -0.3 is 20.9 Å². The van der Waals surface area contributed by atoms with Crippen LogP contribution in [0.15, 0.2) is 29.6 Å². The molecular weight excluding hydrogens is 292 g/mol. The number of nitrogens with one attached hydrogen (secondary N) is 1. The number of hydrogen-bond acceptors (Lipinski definition) is 6. The number of rotatable bonds is 4. The highest BCUT2D eigenvalue weighted by Gasteiger charge is 2.18. The monoisotopic (exact) mass is 306 g/mol. The van der Waals surface area contributed by atoms with E-state index in [2.05, 4.69) is 5.32 Å². The van der Waals surface area contributed by atoms with Crippen LogP contribution < -0.4 is 11.1 Å². The zero-order valence-electron chi connectivity index (χ0n) is 11.3. The van der Waals surface area contributed by atoms with Crippen molar-refractivity contribution in [3.63, 3.8) is 0 Å². The second-order valence-corrected chi connectivity index (χ2v) is 5.00. The Bertz CT molecular complexity index is 681. The van der Waals surface area contributed by atoms with Crippen molar-refractivity contribution in [2.75, 3.05) is 17.7 Å². The van der Waals surface area contributed by atoms with Gasteiger partial charge in [0.15, 0.2) is 5.75 Å². The molecule has 6 nitrogen and oxygen atoms in total. The smallest absolute Gasteiger partial charge is 0.341 e. The Morgan fingerprint density at radius 1 is 1.33 bits per heavy atom. The van der Waals surface area contributed by atoms with Gasteiger partial charge in [-0.2, -0.15) is 0 Å². The molecule has 2 rings (SSSR count). The van der Waals surface area contributed by atoms with Gasteiger partial charge in [0.2, 0.25) is 0 Å². The molecule has 110 valence electrons. The van der Waals surface area contributed by atoms with Crippen LogP contribution in [0.5, 0.6) is 5.75 Å². The first kappa shape index (κ1) is 14.9. The van der Waals surface area contributed by atoms with E-state index in [1.54, 1.807) is 24.4 Å². The van der Waals surface area contributed by atoms with Gasteiger partial charge in [-0.05, 0) is 30.5 Å². The number of benzene rings is 1. The molecular formula is C14H14N2O4S. The van der Waals surface area contributed by atoms with Gasteiger partial charge >= 0.3 is 5.97 Å². The Kier molecular flexibility index (Phi) is 4.44. The van der Waals surface area contributed by atoms with Gasteiger partial charge in [-0.25, -0.2) is 4.79 Å². The maximum atomic E-state index is 12.1. The first-order valence-electron chi connectivity index (χ1n) is 6.18. The van der Waals surface area contributed by atoms with Crippen molar-refractivity contribution in [3.8, 4) is 5.75 Å². The summed E-state index contributed by atoms with van der Waals surface area (Å²) in [6, 6.07) is 6.06. The predicted octanol–water partition coefficient (Wildman–Crippen LogP) is 2.46. The Morgan fingerprint density at radius 2 is 2.10 bits per heavy atom. The van der Waals surface area contributed by atoms with Gasteiger partial charge in [-0.3, -0.25) is 4.79 Å². The number of hydrogen-bond donors (Lipinski definition) is 3. The van der Waals surface area contributed by atoms with Crippen LogP contribution in [0.3, 0.4) is 0 Å². The predicted molar refractivity (Wildman–Crippen MR) is 80.7 cm³/mol. The highest BCUT2D eigenvalue weighted by molar-refractivity contribution is 7.14. The molecule has 21 heavy (non-hydrogen) atoms. The zero-order valence-corrected chi connectivity index (χ0v) is 12.1. The molecule has 0 unspecified atom stereocenters. The summed E-state index contributed by atoms with van der Waals surface area (Å²) in [6.45, 7) is 1.95. The van der Waals surface area contributed by atoms with Crippen LogP contribution in [0.25, 0.3) is 0 Å². The highest BCUT2D eigenvalue weighted by atomic mass is 32.1. The van der Waals surface area contributed by atoms with Crippen LogP contribution in [-0.4, -0.2) is 23.6 Å². The number of nitrogens with two attached hydrogens (primary N) is 1. The third-order valence-corrected chi connectivity index (χ3v) is 3.53. The van der Waals surface area contributed by atoms with Crippen molar-refractivity contribution in [1.29, 1.82) is 0 Å². The van der Waals surface area contributed by atoms with Gasteiger partial charge in [-0.1, -0.05) is 6.07 Å². The number of anilines is 2. The SMILES string of the molecule is CCOC(=O)c1ccsc1NC(=O)c1cccc(N)c1O. The van der Waals surface area contributed by atoms with E-state index in [-0.39, 0.29) is 29.2 Å². The Hall–Kier alpha value is -2.54. The van der Waals surface area contributed by atoms with Crippen LogP contribution in [0.1, 0.15) is 27.6 Å². The molecule has 1 amide bonds. The van der Waals surface area contributed by atoms with E-state index < -0.39 is 11.9 Å². The molecule has 7 heteroatoms. The minimum atomic E-state index is -0.548. The summed E-state index contributed by atoms with van der Waals surface area (Å²) in [4.78, 5) is 23.9. The fourth-order valence-corrected chi connectivity index (χ4v) is 2.46. The molecule has 0 aliphatic heterocycles. The number of thiophene rings is 1. The number of esters is 1. The number of aromatic hydroxyl groups is 1. The number of carbonyl (C=O) groups excluding carboxylic acids is 2. The summed E-state index contributed by atoms with van der Waals surface area (Å²) < 4.78 is 4.90. The van der Waals surface area contributed by atoms with E-state index in [1.165, 1.54) is 23.5 Å². The van der Waals surface area contributed by atoms with Crippen molar-refractivity contribution < 1.29 is 19.4 Å². The largest absolute Gasteiger partial charge is 0.505 e. The second kappa shape index (κ2) is 6.27. The number of phenolic OH excluding ortho intramolecular Hbond substituents is 1. The van der Waals surface area contributed by atoms with Gasteiger partial charge in [0, 0.05) is 0 Å². The summed E-state index contributed by atoms with van der Waals surface area (Å²) >= 11 is 1.19. The van der Waals surface area contributed by atoms with Gasteiger partial charge in [0.05, 0.1) is 23.4 Å². The molecule has 0 atom stereocenters. The fourth-order valence-electron chi connectivity index (χ4n) is 1.69. The van der Waals surface area contributed by atoms with E-state index in [1.807, 2.05) is 0 Å². The molecule has 0 saturated heterocycles. The summed E-state index contributed by atoms with van der Waals surface area (Å²) in [7, 11) is 0. The standard InChI is InChI=1S/C14H14N2O4S/c1-2-20-14(19)9-6-7-21-13(9)16-12(18)8-4-3-5-10(15)11(8)17/h3-7,17H,2,15H2,1H3,(H,16,18). The summed E-state index contributed by atoms with van der Waals surface area (Å²) in [5.41, 5.74) is 5.98. The molecule has 0 aliphatic carbocycles. The average Bonchev–Trinajstić information content (AvgIpc) is 2.90. The first-order valence-corrected chi connectivity index (χ1v) is 7.06. The van der Waals surface area contributed by atoms with E-state index in [0.29, 0.717) is 5.00 Å². The van der Waals surface area contributed by atoms with E-state index >= 15 is 0 Å². The van der Waals surface area contributed by atoms with Crippen LogP contribution >= 0.6 is 11.3 Å². The Balaban J connectivity index is 2.23. The number of phenols is 1. The Morgan fingerprint density at radius 3 is 2.81 bits per heavy atom. The lowest BCUT2D eigenvalue weighted by Gasteiger charge is -2.08. The van der Waals surface area contributed by atoms with Crippen molar-refractivity contribution in [2.45, 2.75) is 6.92 Å². The molecule has 0 aliphatic rings. The molecule has 0 saturated carbocycles. The molecule has 0 fully saturated rings. The zero-order chi connectivity index (χ0) is 15.4. The van der Waals surface area contributed by atoms with Crippen molar-refractivity contribution in [3.05, 3.63) is 40.8 Å². The van der Waals surface area contributed by atoms with E-state index in [9.17, 15) is 14.7 Å². The average molecular weight is 306 g/mol. The quantitative estimate of drug-likeness (QED) is 0.457. The minimum absolute atomic E-state index is 0.0400. The maximum absolute atomic E-state index is 12.1. The molecule has 0 radical (unpaired) electrons. The van der Waals surface area contributed by atoms with E-state index in [0.717, 1.165) is 0 Å². The molecule has 0 bridgehead atoms. The van der Waals surface area contributed by atoms with Crippen LogP contribution in [0, 0.1) is 0 Å². The molecule has 1 aromatic carbocycles. The number of carbonyl (C=O) groups is 2. The molecule has 4 N–H and O–H groups in total. The Labute approximate surface area is 125 Å². The van der Waals surface area contributed by atoms with Crippen LogP contribution in [-0.2, 0) is 4.74 Å². The highest BCUT2D eigenvalue weighted by Crippen LogP contribution is 2.28. The van der Waals surface area contributed by atoms with Gasteiger partial charge in [0.1, 0.15) is 5.00 Å². The lowest BCUT2D eigenvalue weighted by atomic mass is 10.1. The van der Waals surface area contributed by atoms with Crippen molar-refractivity contribution >= 4 is 33.9 Å². The number of amides is 1. The van der Waals surface area contributed by atoms with Crippen molar-refractivity contribution in [2.24, 2.45) is 0 Å². The second-order valence-electron chi connectivity index (χ2n) is 4.08. The maximum Gasteiger partial charge on any atom is 0.341 e. The van der Waals surface area contributed by atoms with E-state index in [4.69, 9.17) is 10.5 Å². The first-order chi connectivity index (χ1) is 10.0. The third-order valence-electron chi connectivity index (χ3n) is 2.70. The summed E-state index contributed by atoms with van der Waals surface area (Å²) in [5, 5.41) is 14.4. The summed E-state index contributed by atoms with van der Waals surface area (Å²) in [6.07, 6.45) is 0. The number of ether oxygens (including phenoxy) is 1. The lowest BCUT2D eigenvalue weighted by Crippen LogP contribution is -2.14. The summed E-state index contributed by atoms with van der Waals surface area (Å²) in [5.74, 6) is -1.34. The minimum Gasteiger partial charge on any atom is -0.505 e. The van der Waals surface area contributed by atoms with Crippen molar-refractivity contribution in [1.82, 2.24) is 0 Å². The molecule has 2 aromatic rings. The van der Waals surface area contributed by atoms with Crippen LogP contribution in [0.2, 0.25) is 0 Å².